The molecule has 3 aromatic rings. The quantitative estimate of drug-likeness (QED) is 0.626. The largest absolute Gasteiger partial charge is 0.337 e. The van der Waals surface area contributed by atoms with Crippen LogP contribution in [0.1, 0.15) is 12.7 Å². The second-order valence-electron chi connectivity index (χ2n) is 5.99. The van der Waals surface area contributed by atoms with E-state index in [9.17, 15) is 4.79 Å². The lowest BCUT2D eigenvalue weighted by molar-refractivity contribution is -0.676. The van der Waals surface area contributed by atoms with Gasteiger partial charge in [-0.3, -0.25) is 9.36 Å². The van der Waals surface area contributed by atoms with Gasteiger partial charge >= 0.3 is 5.82 Å². The van der Waals surface area contributed by atoms with Gasteiger partial charge < -0.3 is 4.90 Å². The van der Waals surface area contributed by atoms with Gasteiger partial charge in [-0.05, 0) is 24.0 Å². The maximum absolute atomic E-state index is 13.0. The number of rotatable bonds is 2. The third-order valence-electron chi connectivity index (χ3n) is 4.38. The summed E-state index contributed by atoms with van der Waals surface area (Å²) in [6.07, 6.45) is 5.70. The molecule has 4 rings (SSSR count). The Labute approximate surface area is 159 Å². The van der Waals surface area contributed by atoms with Crippen LogP contribution in [0.3, 0.4) is 0 Å². The lowest BCUT2D eigenvalue weighted by Crippen LogP contribution is -2.35. The van der Waals surface area contributed by atoms with Gasteiger partial charge in [0.1, 0.15) is 20.4 Å². The summed E-state index contributed by atoms with van der Waals surface area (Å²) < 4.78 is 5.46. The second kappa shape index (κ2) is 6.74. The molecule has 132 valence electrons. The Kier molecular flexibility index (Phi) is 4.42. The number of para-hydroxylation sites is 1. The predicted octanol–water partition coefficient (Wildman–Crippen LogP) is 1.29. The highest BCUT2D eigenvalue weighted by molar-refractivity contribution is 8.08. The third kappa shape index (κ3) is 2.77. The monoisotopic (exact) mass is 383 g/mol. The topological polar surface area (TPSA) is 42.0 Å². The number of hydrogen-bond acceptors (Lipinski definition) is 5. The van der Waals surface area contributed by atoms with Gasteiger partial charge in [0.2, 0.25) is 0 Å². The van der Waals surface area contributed by atoms with Crippen molar-refractivity contribution in [1.29, 1.82) is 0 Å². The highest BCUT2D eigenvalue weighted by atomic mass is 32.2. The first kappa shape index (κ1) is 17.1. The number of thiazole rings is 1. The molecule has 0 saturated carbocycles. The standard InChI is InChI=1S/C19H19N4OS2/c1-4-23-16(12-15-20-10-7-11-21(15)2)26-17(18(23)24)19-22(3)13-8-5-6-9-14(13)25-19/h5-12H,4H2,1-3H3/q+1/b19-17+. The van der Waals surface area contributed by atoms with Crippen LogP contribution in [0.5, 0.6) is 0 Å². The normalized spacial score (nSPS) is 16.3. The maximum Gasteiger partial charge on any atom is 0.325 e. The molecule has 26 heavy (non-hydrogen) atoms. The molecule has 1 aromatic carbocycles. The molecule has 0 saturated heterocycles. The molecule has 5 nitrogen and oxygen atoms in total. The number of anilines is 1. The molecule has 0 N–H and O–H groups in total. The van der Waals surface area contributed by atoms with Crippen molar-refractivity contribution in [3.05, 3.63) is 68.1 Å². The zero-order valence-electron chi connectivity index (χ0n) is 14.8. The third-order valence-corrected chi connectivity index (χ3v) is 6.86. The van der Waals surface area contributed by atoms with Gasteiger partial charge in [-0.1, -0.05) is 23.9 Å². The minimum atomic E-state index is 0.0597. The van der Waals surface area contributed by atoms with E-state index in [4.69, 9.17) is 0 Å². The zero-order chi connectivity index (χ0) is 18.3. The van der Waals surface area contributed by atoms with E-state index in [1.165, 1.54) is 16.2 Å². The summed E-state index contributed by atoms with van der Waals surface area (Å²) in [4.78, 5) is 20.7. The number of fused-ring (bicyclic) bond motifs is 1. The maximum atomic E-state index is 13.0. The zero-order valence-corrected chi connectivity index (χ0v) is 16.5. The number of hydrogen-bond donors (Lipinski definition) is 0. The van der Waals surface area contributed by atoms with Crippen LogP contribution in [-0.4, -0.2) is 16.6 Å². The van der Waals surface area contributed by atoms with Crippen LogP contribution >= 0.6 is 23.1 Å². The average molecular weight is 384 g/mol. The van der Waals surface area contributed by atoms with Crippen LogP contribution in [0.2, 0.25) is 0 Å². The van der Waals surface area contributed by atoms with Crippen molar-refractivity contribution in [3.8, 4) is 0 Å². The molecule has 0 radical (unpaired) electrons. The van der Waals surface area contributed by atoms with Gasteiger partial charge in [0, 0.05) is 24.6 Å². The molecule has 0 fully saturated rings. The van der Waals surface area contributed by atoms with Crippen LogP contribution in [0.15, 0.2) is 52.4 Å². The highest BCUT2D eigenvalue weighted by Gasteiger charge is 2.24. The molecular weight excluding hydrogens is 364 g/mol. The molecule has 0 atom stereocenters. The Balaban J connectivity index is 1.95. The average Bonchev–Trinajstić information content (AvgIpc) is 3.14. The van der Waals surface area contributed by atoms with Crippen molar-refractivity contribution in [2.45, 2.75) is 18.4 Å². The summed E-state index contributed by atoms with van der Waals surface area (Å²) in [6.45, 7) is 2.63. The molecule has 1 aliphatic rings. The fourth-order valence-corrected chi connectivity index (χ4v) is 5.42. The summed E-state index contributed by atoms with van der Waals surface area (Å²) >= 11 is 3.19. The summed E-state index contributed by atoms with van der Waals surface area (Å²) in [5, 5.41) is 0.994. The van der Waals surface area contributed by atoms with Gasteiger partial charge in [0.05, 0.1) is 25.0 Å². The summed E-state index contributed by atoms with van der Waals surface area (Å²) in [5.74, 6) is 0.822. The fraction of sp³-hybridized carbons (Fsp3) is 0.211. The van der Waals surface area contributed by atoms with Crippen LogP contribution in [0.25, 0.3) is 11.1 Å². The number of aromatic nitrogens is 3. The summed E-state index contributed by atoms with van der Waals surface area (Å²) in [6, 6.07) is 10.1. The molecule has 3 heterocycles. The second-order valence-corrected chi connectivity index (χ2v) is 8.05. The van der Waals surface area contributed by atoms with Crippen molar-refractivity contribution in [1.82, 2.24) is 9.55 Å². The van der Waals surface area contributed by atoms with Gasteiger partial charge in [0.15, 0.2) is 0 Å². The first-order valence-corrected chi connectivity index (χ1v) is 10.0. The highest BCUT2D eigenvalue weighted by Crippen LogP contribution is 2.44. The fourth-order valence-electron chi connectivity index (χ4n) is 2.97. The van der Waals surface area contributed by atoms with Crippen molar-refractivity contribution in [3.63, 3.8) is 0 Å². The molecular formula is C19H19N4OS2+. The van der Waals surface area contributed by atoms with E-state index in [2.05, 4.69) is 22.0 Å². The molecule has 0 amide bonds. The first-order chi connectivity index (χ1) is 12.6. The number of thioether (sulfide) groups is 1. The van der Waals surface area contributed by atoms with Crippen LogP contribution in [0, 0.1) is 0 Å². The Morgan fingerprint density at radius 1 is 1.27 bits per heavy atom. The van der Waals surface area contributed by atoms with Crippen LogP contribution in [0.4, 0.5) is 5.69 Å². The number of aryl methyl sites for hydroxylation is 1. The molecule has 0 aliphatic carbocycles. The van der Waals surface area contributed by atoms with E-state index < -0.39 is 0 Å². The molecule has 1 aliphatic heterocycles. The van der Waals surface area contributed by atoms with Gasteiger partial charge in [0.25, 0.3) is 5.56 Å². The van der Waals surface area contributed by atoms with Gasteiger partial charge in [-0.25, -0.2) is 4.57 Å². The Morgan fingerprint density at radius 3 is 2.81 bits per heavy atom. The van der Waals surface area contributed by atoms with E-state index in [1.54, 1.807) is 18.0 Å². The summed E-state index contributed by atoms with van der Waals surface area (Å²) in [5.41, 5.74) is 1.20. The van der Waals surface area contributed by atoms with Crippen molar-refractivity contribution >= 4 is 39.9 Å². The lowest BCUT2D eigenvalue weighted by Gasteiger charge is -2.11. The number of benzene rings is 1. The molecule has 0 unspecified atom stereocenters. The SMILES string of the molecule is CCn1c(=O)/c(=C2\Sc3ccccc3N2C)s/c1=C\c1nccc[n+]1C. The lowest BCUT2D eigenvalue weighted by atomic mass is 10.3. The minimum absolute atomic E-state index is 0.0597. The van der Waals surface area contributed by atoms with Crippen LogP contribution < -0.4 is 24.2 Å². The van der Waals surface area contributed by atoms with E-state index in [1.807, 2.05) is 60.6 Å². The molecule has 0 spiro atoms. The molecule has 7 heteroatoms. The van der Waals surface area contributed by atoms with E-state index >= 15 is 0 Å². The van der Waals surface area contributed by atoms with Crippen molar-refractivity contribution < 1.29 is 4.57 Å². The summed E-state index contributed by atoms with van der Waals surface area (Å²) in [7, 11) is 3.97. The van der Waals surface area contributed by atoms with E-state index in [0.29, 0.717) is 6.54 Å². The van der Waals surface area contributed by atoms with Gasteiger partial charge in [-0.2, -0.15) is 0 Å². The van der Waals surface area contributed by atoms with Crippen LogP contribution in [-0.2, 0) is 13.6 Å². The van der Waals surface area contributed by atoms with E-state index in [0.717, 1.165) is 25.7 Å². The predicted molar refractivity (Wildman–Crippen MR) is 107 cm³/mol. The Hall–Kier alpha value is -2.38. The molecule has 2 aromatic heterocycles. The van der Waals surface area contributed by atoms with Crippen molar-refractivity contribution in [2.24, 2.45) is 7.05 Å². The minimum Gasteiger partial charge on any atom is -0.337 e. The van der Waals surface area contributed by atoms with E-state index in [-0.39, 0.29) is 5.56 Å². The smallest absolute Gasteiger partial charge is 0.325 e. The molecule has 0 bridgehead atoms. The first-order valence-electron chi connectivity index (χ1n) is 8.37. The van der Waals surface area contributed by atoms with Crippen molar-refractivity contribution in [2.75, 3.05) is 11.9 Å². The Morgan fingerprint density at radius 2 is 2.08 bits per heavy atom. The number of nitrogens with zero attached hydrogens (tertiary/aromatic N) is 4. The Bertz CT molecular complexity index is 1160. The van der Waals surface area contributed by atoms with Gasteiger partial charge in [-0.15, -0.1) is 11.3 Å².